The quantitative estimate of drug-likeness (QED) is 0.701. The van der Waals surface area contributed by atoms with Crippen molar-refractivity contribution >= 4 is 11.8 Å². The van der Waals surface area contributed by atoms with Gasteiger partial charge in [-0.3, -0.25) is 4.98 Å². The lowest BCUT2D eigenvalue weighted by Gasteiger charge is -2.15. The minimum atomic E-state index is -0.513. The average molecular weight is 258 g/mol. The van der Waals surface area contributed by atoms with Crippen LogP contribution in [-0.4, -0.2) is 53.4 Å². The van der Waals surface area contributed by atoms with Gasteiger partial charge in [0.15, 0.2) is 0 Å². The highest BCUT2D eigenvalue weighted by Crippen LogP contribution is 2.14. The van der Waals surface area contributed by atoms with Crippen molar-refractivity contribution in [3.05, 3.63) is 18.6 Å². The highest BCUT2D eigenvalue weighted by Gasteiger charge is 2.09. The molecule has 1 aromatic heterocycles. The first-order valence-electron chi connectivity index (χ1n) is 5.39. The molecule has 0 amide bonds. The molecule has 6 heteroatoms. The molecule has 1 heterocycles. The Kier molecular flexibility index (Phi) is 7.11. The molecule has 2 atom stereocenters. The summed E-state index contributed by atoms with van der Waals surface area (Å²) in [5, 5.41) is 10.5. The average Bonchev–Trinajstić information content (AvgIpc) is 2.35. The van der Waals surface area contributed by atoms with Gasteiger partial charge in [0, 0.05) is 25.3 Å². The molecular formula is C11H18N2O3S. The molecule has 5 nitrogen and oxygen atoms in total. The minimum absolute atomic E-state index is 0.00355. The maximum absolute atomic E-state index is 9.69. The van der Waals surface area contributed by atoms with Crippen LogP contribution in [0.3, 0.4) is 0 Å². The van der Waals surface area contributed by atoms with Crippen LogP contribution in [0.5, 0.6) is 0 Å². The van der Waals surface area contributed by atoms with Gasteiger partial charge in [-0.2, -0.15) is 0 Å². The molecule has 96 valence electrons. The van der Waals surface area contributed by atoms with Crippen molar-refractivity contribution in [3.63, 3.8) is 0 Å². The van der Waals surface area contributed by atoms with Gasteiger partial charge in [-0.1, -0.05) is 0 Å². The third-order valence-electron chi connectivity index (χ3n) is 1.94. The van der Waals surface area contributed by atoms with Crippen LogP contribution < -0.4 is 0 Å². The summed E-state index contributed by atoms with van der Waals surface area (Å²) in [5.41, 5.74) is 0. The second-order valence-electron chi connectivity index (χ2n) is 3.61. The van der Waals surface area contributed by atoms with Gasteiger partial charge in [-0.05, 0) is 6.92 Å². The van der Waals surface area contributed by atoms with E-state index in [2.05, 4.69) is 9.97 Å². The van der Waals surface area contributed by atoms with E-state index in [1.807, 2.05) is 6.92 Å². The van der Waals surface area contributed by atoms with Gasteiger partial charge in [0.25, 0.3) is 0 Å². The first kappa shape index (κ1) is 14.4. The minimum Gasteiger partial charge on any atom is -0.390 e. The van der Waals surface area contributed by atoms with E-state index in [4.69, 9.17) is 9.47 Å². The van der Waals surface area contributed by atoms with E-state index >= 15 is 0 Å². The Morgan fingerprint density at radius 1 is 1.41 bits per heavy atom. The van der Waals surface area contributed by atoms with Crippen molar-refractivity contribution in [2.45, 2.75) is 24.2 Å². The van der Waals surface area contributed by atoms with E-state index in [0.29, 0.717) is 19.0 Å². The molecule has 0 aliphatic heterocycles. The predicted molar refractivity (Wildman–Crippen MR) is 66.1 cm³/mol. The molecule has 0 aliphatic rings. The van der Waals surface area contributed by atoms with E-state index in [-0.39, 0.29) is 6.10 Å². The summed E-state index contributed by atoms with van der Waals surface area (Å²) in [6.07, 6.45) is 4.41. The van der Waals surface area contributed by atoms with E-state index in [1.54, 1.807) is 25.7 Å². The fraction of sp³-hybridized carbons (Fsp3) is 0.636. The molecule has 0 spiro atoms. The van der Waals surface area contributed by atoms with E-state index in [1.165, 1.54) is 11.8 Å². The maximum Gasteiger partial charge on any atom is 0.114 e. The second-order valence-corrected chi connectivity index (χ2v) is 4.65. The zero-order valence-electron chi connectivity index (χ0n) is 10.1. The number of aliphatic hydroxyl groups is 1. The van der Waals surface area contributed by atoms with Gasteiger partial charge in [-0.15, -0.1) is 11.8 Å². The summed E-state index contributed by atoms with van der Waals surface area (Å²) < 4.78 is 10.3. The van der Waals surface area contributed by atoms with Gasteiger partial charge < -0.3 is 14.6 Å². The highest BCUT2D eigenvalue weighted by atomic mass is 32.2. The van der Waals surface area contributed by atoms with Gasteiger partial charge >= 0.3 is 0 Å². The summed E-state index contributed by atoms with van der Waals surface area (Å²) in [5.74, 6) is 0.540. The van der Waals surface area contributed by atoms with Gasteiger partial charge in [0.1, 0.15) is 5.03 Å². The molecule has 0 bridgehead atoms. The lowest BCUT2D eigenvalue weighted by atomic mass is 10.4. The molecule has 0 fully saturated rings. The molecule has 1 rings (SSSR count). The summed E-state index contributed by atoms with van der Waals surface area (Å²) in [4.78, 5) is 8.05. The number of thioether (sulfide) groups is 1. The molecule has 0 saturated heterocycles. The molecule has 0 aliphatic carbocycles. The lowest BCUT2D eigenvalue weighted by Crippen LogP contribution is -2.24. The van der Waals surface area contributed by atoms with Gasteiger partial charge in [-0.25, -0.2) is 4.98 Å². The second kappa shape index (κ2) is 8.41. The van der Waals surface area contributed by atoms with Crippen molar-refractivity contribution < 1.29 is 14.6 Å². The van der Waals surface area contributed by atoms with Crippen molar-refractivity contribution in [2.24, 2.45) is 0 Å². The number of methoxy groups -OCH3 is 1. The number of ether oxygens (including phenoxy) is 2. The summed E-state index contributed by atoms with van der Waals surface area (Å²) in [6.45, 7) is 2.74. The number of nitrogens with zero attached hydrogens (tertiary/aromatic N) is 2. The number of aliphatic hydroxyl groups excluding tert-OH is 1. The van der Waals surface area contributed by atoms with Crippen LogP contribution in [0.4, 0.5) is 0 Å². The Balaban J connectivity index is 2.15. The standard InChI is InChI=1S/C11H18N2O3S/c1-9(6-15-2)16-7-10(14)8-17-11-5-12-3-4-13-11/h3-5,9-10,14H,6-8H2,1-2H3. The Bertz CT molecular complexity index is 300. The zero-order chi connectivity index (χ0) is 12.5. The summed E-state index contributed by atoms with van der Waals surface area (Å²) in [7, 11) is 1.63. The number of hydrogen-bond acceptors (Lipinski definition) is 6. The normalized spacial score (nSPS) is 14.5. The smallest absolute Gasteiger partial charge is 0.114 e. The molecular weight excluding hydrogens is 240 g/mol. The van der Waals surface area contributed by atoms with Gasteiger partial charge in [0.2, 0.25) is 0 Å². The summed E-state index contributed by atoms with van der Waals surface area (Å²) >= 11 is 1.46. The van der Waals surface area contributed by atoms with Crippen LogP contribution in [0.25, 0.3) is 0 Å². The molecule has 0 saturated carbocycles. The fourth-order valence-corrected chi connectivity index (χ4v) is 1.88. The number of aromatic nitrogens is 2. The Labute approximate surface area is 106 Å². The topological polar surface area (TPSA) is 64.5 Å². The predicted octanol–water partition coefficient (Wildman–Crippen LogP) is 0.981. The van der Waals surface area contributed by atoms with Crippen molar-refractivity contribution in [1.29, 1.82) is 0 Å². The highest BCUT2D eigenvalue weighted by molar-refractivity contribution is 7.99. The molecule has 0 radical (unpaired) electrons. The monoisotopic (exact) mass is 258 g/mol. The van der Waals surface area contributed by atoms with Crippen LogP contribution in [0.2, 0.25) is 0 Å². The SMILES string of the molecule is COCC(C)OCC(O)CSc1cnccn1. The number of rotatable bonds is 8. The van der Waals surface area contributed by atoms with Crippen LogP contribution in [0.1, 0.15) is 6.92 Å². The third-order valence-corrected chi connectivity index (χ3v) is 3.00. The molecule has 1 N–H and O–H groups in total. The Morgan fingerprint density at radius 3 is 2.88 bits per heavy atom. The fourth-order valence-electron chi connectivity index (χ4n) is 1.15. The largest absolute Gasteiger partial charge is 0.390 e. The lowest BCUT2D eigenvalue weighted by molar-refractivity contribution is -0.0257. The van der Waals surface area contributed by atoms with Gasteiger partial charge in [0.05, 0.1) is 31.6 Å². The first-order chi connectivity index (χ1) is 8.22. The Morgan fingerprint density at radius 2 is 2.24 bits per heavy atom. The zero-order valence-corrected chi connectivity index (χ0v) is 10.9. The summed E-state index contributed by atoms with van der Waals surface area (Å²) in [6, 6.07) is 0. The molecule has 0 aromatic carbocycles. The van der Waals surface area contributed by atoms with E-state index in [9.17, 15) is 5.11 Å². The molecule has 2 unspecified atom stereocenters. The first-order valence-corrected chi connectivity index (χ1v) is 6.38. The molecule has 17 heavy (non-hydrogen) atoms. The van der Waals surface area contributed by atoms with Crippen LogP contribution in [-0.2, 0) is 9.47 Å². The molecule has 1 aromatic rings. The van der Waals surface area contributed by atoms with E-state index < -0.39 is 6.10 Å². The van der Waals surface area contributed by atoms with Crippen molar-refractivity contribution in [3.8, 4) is 0 Å². The van der Waals surface area contributed by atoms with Crippen LogP contribution in [0, 0.1) is 0 Å². The maximum atomic E-state index is 9.69. The Hall–Kier alpha value is -0.690. The third kappa shape index (κ3) is 6.58. The van der Waals surface area contributed by atoms with Crippen molar-refractivity contribution in [2.75, 3.05) is 26.1 Å². The van der Waals surface area contributed by atoms with E-state index in [0.717, 1.165) is 5.03 Å². The van der Waals surface area contributed by atoms with Crippen molar-refractivity contribution in [1.82, 2.24) is 9.97 Å². The van der Waals surface area contributed by atoms with Crippen LogP contribution >= 0.6 is 11.8 Å². The number of hydrogen-bond donors (Lipinski definition) is 1. The van der Waals surface area contributed by atoms with Crippen LogP contribution in [0.15, 0.2) is 23.6 Å².